The monoisotopic (exact) mass is 225 g/mol. The molecule has 1 rings (SSSR count). The molecule has 0 aliphatic rings. The van der Waals surface area contributed by atoms with Crippen molar-refractivity contribution >= 4 is 5.97 Å². The van der Waals surface area contributed by atoms with Crippen LogP contribution in [-0.2, 0) is 18.2 Å². The van der Waals surface area contributed by atoms with Crippen molar-refractivity contribution in [2.45, 2.75) is 32.2 Å². The quantitative estimate of drug-likeness (QED) is 0.772. The lowest BCUT2D eigenvalue weighted by molar-refractivity contribution is 0.0591. The zero-order valence-corrected chi connectivity index (χ0v) is 10.3. The molecule has 1 aromatic heterocycles. The van der Waals surface area contributed by atoms with Crippen molar-refractivity contribution in [3.05, 3.63) is 17.5 Å². The summed E-state index contributed by atoms with van der Waals surface area (Å²) in [6.07, 6.45) is 3.35. The highest BCUT2D eigenvalue weighted by Gasteiger charge is 2.18. The van der Waals surface area contributed by atoms with Crippen molar-refractivity contribution < 1.29 is 9.53 Å². The van der Waals surface area contributed by atoms with Crippen LogP contribution >= 0.6 is 0 Å². The predicted molar refractivity (Wildman–Crippen MR) is 61.1 cm³/mol. The van der Waals surface area contributed by atoms with E-state index in [0.717, 1.165) is 18.4 Å². The van der Waals surface area contributed by atoms with Gasteiger partial charge >= 0.3 is 5.97 Å². The van der Waals surface area contributed by atoms with E-state index in [2.05, 4.69) is 9.84 Å². The number of methoxy groups -OCH3 is 1. The molecule has 5 heteroatoms. The maximum absolute atomic E-state index is 11.4. The topological polar surface area (TPSA) is 70.1 Å². The molecule has 0 bridgehead atoms. The number of ether oxygens (including phenoxy) is 1. The van der Waals surface area contributed by atoms with Gasteiger partial charge in [-0.05, 0) is 26.7 Å². The zero-order valence-electron chi connectivity index (χ0n) is 10.3. The third kappa shape index (κ3) is 3.34. The van der Waals surface area contributed by atoms with Crippen molar-refractivity contribution in [2.75, 3.05) is 7.11 Å². The summed E-state index contributed by atoms with van der Waals surface area (Å²) >= 11 is 0. The van der Waals surface area contributed by atoms with Crippen molar-refractivity contribution in [3.8, 4) is 0 Å². The van der Waals surface area contributed by atoms with E-state index in [9.17, 15) is 4.79 Å². The number of nitrogens with zero attached hydrogens (tertiary/aromatic N) is 2. The largest absolute Gasteiger partial charge is 0.464 e. The van der Waals surface area contributed by atoms with Crippen LogP contribution in [0, 0.1) is 0 Å². The molecule has 0 amide bonds. The van der Waals surface area contributed by atoms with Gasteiger partial charge in [0.1, 0.15) is 0 Å². The molecule has 0 aliphatic heterocycles. The molecule has 0 spiro atoms. The standard InChI is InChI=1S/C11H19N3O2/c1-11(2,12)6-5-8-7-14(3)13-9(8)10(15)16-4/h7H,5-6,12H2,1-4H3. The van der Waals surface area contributed by atoms with Gasteiger partial charge < -0.3 is 10.5 Å². The van der Waals surface area contributed by atoms with Crippen LogP contribution in [0.5, 0.6) is 0 Å². The maximum atomic E-state index is 11.4. The Balaban J connectivity index is 2.83. The normalized spacial score (nSPS) is 11.6. The number of rotatable bonds is 4. The summed E-state index contributed by atoms with van der Waals surface area (Å²) in [5, 5.41) is 4.08. The second-order valence-corrected chi connectivity index (χ2v) is 4.66. The van der Waals surface area contributed by atoms with Gasteiger partial charge in [-0.2, -0.15) is 5.10 Å². The lowest BCUT2D eigenvalue weighted by atomic mass is 9.97. The number of hydrogen-bond donors (Lipinski definition) is 1. The van der Waals surface area contributed by atoms with Crippen LogP contribution < -0.4 is 5.73 Å². The number of carbonyl (C=O) groups excluding carboxylic acids is 1. The fourth-order valence-electron chi connectivity index (χ4n) is 1.45. The Hall–Kier alpha value is -1.36. The molecule has 0 saturated heterocycles. The van der Waals surface area contributed by atoms with Gasteiger partial charge in [0.25, 0.3) is 0 Å². The van der Waals surface area contributed by atoms with E-state index >= 15 is 0 Å². The molecule has 0 fully saturated rings. The van der Waals surface area contributed by atoms with E-state index in [1.165, 1.54) is 7.11 Å². The van der Waals surface area contributed by atoms with E-state index in [1.807, 2.05) is 20.0 Å². The van der Waals surface area contributed by atoms with Crippen LogP contribution in [-0.4, -0.2) is 28.4 Å². The zero-order chi connectivity index (χ0) is 12.3. The maximum Gasteiger partial charge on any atom is 0.358 e. The van der Waals surface area contributed by atoms with Crippen LogP contribution in [0.2, 0.25) is 0 Å². The van der Waals surface area contributed by atoms with Gasteiger partial charge in [-0.25, -0.2) is 4.79 Å². The van der Waals surface area contributed by atoms with Crippen LogP contribution in [0.4, 0.5) is 0 Å². The molecule has 0 unspecified atom stereocenters. The van der Waals surface area contributed by atoms with Crippen molar-refractivity contribution in [2.24, 2.45) is 12.8 Å². The van der Waals surface area contributed by atoms with Gasteiger partial charge in [0.2, 0.25) is 0 Å². The minimum Gasteiger partial charge on any atom is -0.464 e. The molecule has 0 saturated carbocycles. The molecule has 5 nitrogen and oxygen atoms in total. The van der Waals surface area contributed by atoms with Gasteiger partial charge in [0, 0.05) is 24.3 Å². The third-order valence-electron chi connectivity index (χ3n) is 2.32. The average Bonchev–Trinajstić information content (AvgIpc) is 2.54. The Bertz CT molecular complexity index is 377. The fourth-order valence-corrected chi connectivity index (χ4v) is 1.45. The SMILES string of the molecule is COC(=O)c1nn(C)cc1CCC(C)(C)N. The number of hydrogen-bond acceptors (Lipinski definition) is 4. The van der Waals surface area contributed by atoms with Crippen LogP contribution in [0.15, 0.2) is 6.20 Å². The molecule has 1 aromatic rings. The molecular formula is C11H19N3O2. The number of esters is 1. The summed E-state index contributed by atoms with van der Waals surface area (Å²) in [5.74, 6) is -0.398. The molecule has 0 aromatic carbocycles. The second kappa shape index (κ2) is 4.65. The summed E-state index contributed by atoms with van der Waals surface area (Å²) in [6.45, 7) is 3.92. The van der Waals surface area contributed by atoms with Gasteiger partial charge in [-0.3, -0.25) is 4.68 Å². The molecular weight excluding hydrogens is 206 g/mol. The third-order valence-corrected chi connectivity index (χ3v) is 2.32. The van der Waals surface area contributed by atoms with E-state index in [0.29, 0.717) is 5.69 Å². The Morgan fingerprint density at radius 2 is 2.25 bits per heavy atom. The first-order valence-corrected chi connectivity index (χ1v) is 5.23. The van der Waals surface area contributed by atoms with Crippen molar-refractivity contribution in [3.63, 3.8) is 0 Å². The lowest BCUT2D eigenvalue weighted by Gasteiger charge is -2.17. The van der Waals surface area contributed by atoms with Gasteiger partial charge in [0.05, 0.1) is 7.11 Å². The van der Waals surface area contributed by atoms with Gasteiger partial charge in [0.15, 0.2) is 5.69 Å². The lowest BCUT2D eigenvalue weighted by Crippen LogP contribution is -2.32. The number of aryl methyl sites for hydroxylation is 2. The number of nitrogens with two attached hydrogens (primary N) is 1. The predicted octanol–water partition coefficient (Wildman–Crippen LogP) is 0.877. The van der Waals surface area contributed by atoms with Crippen molar-refractivity contribution in [1.29, 1.82) is 0 Å². The van der Waals surface area contributed by atoms with E-state index in [1.54, 1.807) is 11.7 Å². The number of carbonyl (C=O) groups is 1. The summed E-state index contributed by atoms with van der Waals surface area (Å²) in [5.41, 5.74) is 6.92. The fraction of sp³-hybridized carbons (Fsp3) is 0.636. The Morgan fingerprint density at radius 1 is 1.62 bits per heavy atom. The summed E-state index contributed by atoms with van der Waals surface area (Å²) < 4.78 is 6.29. The first-order chi connectivity index (χ1) is 7.33. The van der Waals surface area contributed by atoms with Crippen LogP contribution in [0.3, 0.4) is 0 Å². The Morgan fingerprint density at radius 3 is 2.75 bits per heavy atom. The first-order valence-electron chi connectivity index (χ1n) is 5.23. The molecule has 0 aliphatic carbocycles. The van der Waals surface area contributed by atoms with Crippen molar-refractivity contribution in [1.82, 2.24) is 9.78 Å². The summed E-state index contributed by atoms with van der Waals surface area (Å²) in [4.78, 5) is 11.4. The van der Waals surface area contributed by atoms with Gasteiger partial charge in [-0.1, -0.05) is 0 Å². The minimum absolute atomic E-state index is 0.247. The highest BCUT2D eigenvalue weighted by molar-refractivity contribution is 5.88. The number of aromatic nitrogens is 2. The van der Waals surface area contributed by atoms with Crippen LogP contribution in [0.25, 0.3) is 0 Å². The van der Waals surface area contributed by atoms with E-state index in [4.69, 9.17) is 5.73 Å². The Kier molecular flexibility index (Phi) is 3.70. The van der Waals surface area contributed by atoms with Crippen LogP contribution in [0.1, 0.15) is 36.3 Å². The molecule has 90 valence electrons. The minimum atomic E-state index is -0.398. The molecule has 2 N–H and O–H groups in total. The first kappa shape index (κ1) is 12.7. The molecule has 0 atom stereocenters. The smallest absolute Gasteiger partial charge is 0.358 e. The highest BCUT2D eigenvalue weighted by Crippen LogP contribution is 2.14. The second-order valence-electron chi connectivity index (χ2n) is 4.66. The molecule has 1 heterocycles. The molecule has 0 radical (unpaired) electrons. The Labute approximate surface area is 95.6 Å². The summed E-state index contributed by atoms with van der Waals surface area (Å²) in [6, 6.07) is 0. The summed E-state index contributed by atoms with van der Waals surface area (Å²) in [7, 11) is 3.14. The van der Waals surface area contributed by atoms with E-state index < -0.39 is 5.97 Å². The van der Waals surface area contributed by atoms with Gasteiger partial charge in [-0.15, -0.1) is 0 Å². The highest BCUT2D eigenvalue weighted by atomic mass is 16.5. The average molecular weight is 225 g/mol. The van der Waals surface area contributed by atoms with E-state index in [-0.39, 0.29) is 5.54 Å². The molecule has 16 heavy (non-hydrogen) atoms.